The molecular formula is C24H22FN5O3S. The number of aromatic nitrogens is 3. The van der Waals surface area contributed by atoms with Crippen molar-refractivity contribution < 1.29 is 17.6 Å². The van der Waals surface area contributed by atoms with Gasteiger partial charge in [0.2, 0.25) is 15.8 Å². The molecule has 8 nitrogen and oxygen atoms in total. The number of aryl methyl sites for hydroxylation is 1. The molecule has 0 spiro atoms. The Bertz CT molecular complexity index is 1400. The quantitative estimate of drug-likeness (QED) is 0.435. The molecule has 10 heteroatoms. The van der Waals surface area contributed by atoms with Crippen molar-refractivity contribution in [3.8, 4) is 5.69 Å². The Labute approximate surface area is 196 Å². The fourth-order valence-electron chi connectivity index (χ4n) is 3.32. The summed E-state index contributed by atoms with van der Waals surface area (Å²) in [5.74, 6) is -0.544. The van der Waals surface area contributed by atoms with Crippen molar-refractivity contribution in [2.24, 2.45) is 0 Å². The van der Waals surface area contributed by atoms with E-state index in [0.29, 0.717) is 17.2 Å². The topological polar surface area (TPSA) is 97.2 Å². The van der Waals surface area contributed by atoms with Gasteiger partial charge in [-0.3, -0.25) is 4.79 Å². The highest BCUT2D eigenvalue weighted by molar-refractivity contribution is 7.89. The minimum atomic E-state index is -3.70. The van der Waals surface area contributed by atoms with E-state index in [1.54, 1.807) is 6.92 Å². The third-order valence-electron chi connectivity index (χ3n) is 5.11. The summed E-state index contributed by atoms with van der Waals surface area (Å²) in [6, 6.07) is 20.8. The SMILES string of the molecule is Cc1nc(C(=O)Nc2ccc(S(=O)(=O)N(C)Cc3ccccc3)cc2)nn1-c1ccc(F)cc1. The van der Waals surface area contributed by atoms with Crippen molar-refractivity contribution in [1.82, 2.24) is 19.1 Å². The zero-order valence-corrected chi connectivity index (χ0v) is 19.3. The van der Waals surface area contributed by atoms with Crippen LogP contribution in [-0.4, -0.2) is 40.4 Å². The third-order valence-corrected chi connectivity index (χ3v) is 6.93. The number of benzene rings is 3. The molecule has 0 aliphatic rings. The molecule has 3 aromatic carbocycles. The van der Waals surface area contributed by atoms with Gasteiger partial charge in [-0.05, 0) is 61.0 Å². The van der Waals surface area contributed by atoms with E-state index in [0.717, 1.165) is 5.56 Å². The van der Waals surface area contributed by atoms with Crippen LogP contribution < -0.4 is 5.32 Å². The number of carbonyl (C=O) groups is 1. The third kappa shape index (κ3) is 5.03. The number of hydrogen-bond donors (Lipinski definition) is 1. The van der Waals surface area contributed by atoms with E-state index in [-0.39, 0.29) is 23.1 Å². The van der Waals surface area contributed by atoms with Gasteiger partial charge in [0.1, 0.15) is 11.6 Å². The molecule has 0 saturated carbocycles. The lowest BCUT2D eigenvalue weighted by atomic mass is 10.2. The average Bonchev–Trinajstić information content (AvgIpc) is 3.22. The number of sulfonamides is 1. The fourth-order valence-corrected chi connectivity index (χ4v) is 4.47. The standard InChI is InChI=1S/C24H22FN5O3S/c1-17-26-23(28-30(17)21-12-8-19(25)9-13-21)24(31)27-20-10-14-22(15-11-20)34(32,33)29(2)16-18-6-4-3-5-7-18/h3-15H,16H2,1-2H3,(H,27,31). The molecule has 0 bridgehead atoms. The minimum Gasteiger partial charge on any atom is -0.319 e. The van der Waals surface area contributed by atoms with Crippen molar-refractivity contribution in [1.29, 1.82) is 0 Å². The van der Waals surface area contributed by atoms with Gasteiger partial charge >= 0.3 is 0 Å². The first kappa shape index (κ1) is 23.3. The van der Waals surface area contributed by atoms with Gasteiger partial charge in [-0.25, -0.2) is 22.5 Å². The Hall–Kier alpha value is -3.89. The number of hydrogen-bond acceptors (Lipinski definition) is 5. The fraction of sp³-hybridized carbons (Fsp3) is 0.125. The second-order valence-corrected chi connectivity index (χ2v) is 9.64. The highest BCUT2D eigenvalue weighted by Crippen LogP contribution is 2.20. The lowest BCUT2D eigenvalue weighted by Crippen LogP contribution is -2.26. The lowest BCUT2D eigenvalue weighted by molar-refractivity contribution is 0.101. The minimum absolute atomic E-state index is 0.0684. The molecule has 34 heavy (non-hydrogen) atoms. The lowest BCUT2D eigenvalue weighted by Gasteiger charge is -2.17. The molecule has 0 aliphatic carbocycles. The molecule has 1 aromatic heterocycles. The zero-order chi connectivity index (χ0) is 24.3. The molecule has 0 aliphatic heterocycles. The highest BCUT2D eigenvalue weighted by Gasteiger charge is 2.21. The van der Waals surface area contributed by atoms with E-state index in [4.69, 9.17) is 0 Å². The number of rotatable bonds is 7. The molecule has 1 amide bonds. The van der Waals surface area contributed by atoms with E-state index >= 15 is 0 Å². The second kappa shape index (κ2) is 9.54. The number of anilines is 1. The van der Waals surface area contributed by atoms with Gasteiger partial charge in [0.25, 0.3) is 5.91 Å². The summed E-state index contributed by atoms with van der Waals surface area (Å²) in [6.07, 6.45) is 0. The maximum Gasteiger partial charge on any atom is 0.295 e. The van der Waals surface area contributed by atoms with Crippen LogP contribution in [-0.2, 0) is 16.6 Å². The summed E-state index contributed by atoms with van der Waals surface area (Å²) in [5.41, 5.74) is 1.84. The van der Waals surface area contributed by atoms with Crippen molar-refractivity contribution in [2.75, 3.05) is 12.4 Å². The summed E-state index contributed by atoms with van der Waals surface area (Å²) in [5, 5.41) is 6.86. The maximum absolute atomic E-state index is 13.2. The van der Waals surface area contributed by atoms with Gasteiger partial charge in [-0.2, -0.15) is 4.31 Å². The smallest absolute Gasteiger partial charge is 0.295 e. The van der Waals surface area contributed by atoms with Gasteiger partial charge in [-0.15, -0.1) is 5.10 Å². The van der Waals surface area contributed by atoms with E-state index < -0.39 is 15.9 Å². The molecule has 0 fully saturated rings. The van der Waals surface area contributed by atoms with Crippen LogP contribution in [0, 0.1) is 12.7 Å². The van der Waals surface area contributed by atoms with E-state index in [9.17, 15) is 17.6 Å². The van der Waals surface area contributed by atoms with Gasteiger partial charge in [0.15, 0.2) is 0 Å². The van der Waals surface area contributed by atoms with Crippen LogP contribution in [0.15, 0.2) is 83.8 Å². The monoisotopic (exact) mass is 479 g/mol. The van der Waals surface area contributed by atoms with Crippen LogP contribution in [0.25, 0.3) is 5.69 Å². The highest BCUT2D eigenvalue weighted by atomic mass is 32.2. The van der Waals surface area contributed by atoms with Crippen LogP contribution in [0.1, 0.15) is 22.0 Å². The molecule has 0 saturated heterocycles. The Morgan fingerprint density at radius 3 is 2.29 bits per heavy atom. The predicted molar refractivity (Wildman–Crippen MR) is 126 cm³/mol. The van der Waals surface area contributed by atoms with Gasteiger partial charge < -0.3 is 5.32 Å². The predicted octanol–water partition coefficient (Wildman–Crippen LogP) is 3.79. The van der Waals surface area contributed by atoms with Crippen LogP contribution in [0.2, 0.25) is 0 Å². The van der Waals surface area contributed by atoms with Crippen LogP contribution in [0.4, 0.5) is 10.1 Å². The molecule has 0 radical (unpaired) electrons. The zero-order valence-electron chi connectivity index (χ0n) is 18.5. The Kier molecular flexibility index (Phi) is 6.53. The first-order valence-corrected chi connectivity index (χ1v) is 11.8. The average molecular weight is 480 g/mol. The van der Waals surface area contributed by atoms with Crippen molar-refractivity contribution >= 4 is 21.6 Å². The van der Waals surface area contributed by atoms with E-state index in [1.165, 1.54) is 64.6 Å². The summed E-state index contributed by atoms with van der Waals surface area (Å²) >= 11 is 0. The number of carbonyl (C=O) groups excluding carboxylic acids is 1. The number of nitrogens with one attached hydrogen (secondary N) is 1. The van der Waals surface area contributed by atoms with E-state index in [1.807, 2.05) is 30.3 Å². The normalized spacial score (nSPS) is 11.5. The van der Waals surface area contributed by atoms with Gasteiger partial charge in [-0.1, -0.05) is 30.3 Å². The van der Waals surface area contributed by atoms with Gasteiger partial charge in [0.05, 0.1) is 10.6 Å². The van der Waals surface area contributed by atoms with Gasteiger partial charge in [0, 0.05) is 19.3 Å². The number of nitrogens with zero attached hydrogens (tertiary/aromatic N) is 4. The Balaban J connectivity index is 1.46. The summed E-state index contributed by atoms with van der Waals surface area (Å²) in [6.45, 7) is 1.92. The molecular weight excluding hydrogens is 457 g/mol. The summed E-state index contributed by atoms with van der Waals surface area (Å²) < 4.78 is 41.6. The maximum atomic E-state index is 13.2. The van der Waals surface area contributed by atoms with Crippen LogP contribution >= 0.6 is 0 Å². The Morgan fingerprint density at radius 2 is 1.65 bits per heavy atom. The summed E-state index contributed by atoms with van der Waals surface area (Å²) in [7, 11) is -2.19. The van der Waals surface area contributed by atoms with Crippen molar-refractivity contribution in [3.63, 3.8) is 0 Å². The first-order valence-electron chi connectivity index (χ1n) is 10.4. The number of amides is 1. The number of halogens is 1. The largest absolute Gasteiger partial charge is 0.319 e. The second-order valence-electron chi connectivity index (χ2n) is 7.60. The Morgan fingerprint density at radius 1 is 1.00 bits per heavy atom. The molecule has 174 valence electrons. The molecule has 0 unspecified atom stereocenters. The first-order chi connectivity index (χ1) is 16.2. The van der Waals surface area contributed by atoms with Crippen molar-refractivity contribution in [3.05, 3.63) is 102 Å². The van der Waals surface area contributed by atoms with E-state index in [2.05, 4.69) is 15.4 Å². The molecule has 0 atom stereocenters. The summed E-state index contributed by atoms with van der Waals surface area (Å²) in [4.78, 5) is 16.9. The molecule has 4 rings (SSSR count). The molecule has 1 heterocycles. The van der Waals surface area contributed by atoms with Crippen LogP contribution in [0.3, 0.4) is 0 Å². The van der Waals surface area contributed by atoms with Crippen molar-refractivity contribution in [2.45, 2.75) is 18.4 Å². The van der Waals surface area contributed by atoms with Crippen LogP contribution in [0.5, 0.6) is 0 Å². The molecule has 4 aromatic rings. The molecule has 1 N–H and O–H groups in total.